The Hall–Kier alpha value is -2.44. The third-order valence-corrected chi connectivity index (χ3v) is 5.58. The molecule has 0 atom stereocenters. The first-order valence-electron chi connectivity index (χ1n) is 9.55. The topological polar surface area (TPSA) is 69.0 Å². The Morgan fingerprint density at radius 3 is 2.61 bits per heavy atom. The van der Waals surface area contributed by atoms with Crippen molar-refractivity contribution >= 4 is 34.2 Å². The number of halogens is 1. The number of hydrogen-bond acceptors (Lipinski definition) is 4. The smallest absolute Gasteiger partial charge is 0.258 e. The highest BCUT2D eigenvalue weighted by molar-refractivity contribution is 6.38. The van der Waals surface area contributed by atoms with E-state index in [9.17, 15) is 4.79 Å². The van der Waals surface area contributed by atoms with E-state index >= 15 is 0 Å². The van der Waals surface area contributed by atoms with Crippen LogP contribution in [0, 0.1) is 0 Å². The van der Waals surface area contributed by atoms with Crippen LogP contribution in [0.3, 0.4) is 0 Å². The highest BCUT2D eigenvalue weighted by Crippen LogP contribution is 2.30. The monoisotopic (exact) mass is 398 g/mol. The van der Waals surface area contributed by atoms with Gasteiger partial charge in [0.15, 0.2) is 5.65 Å². The summed E-state index contributed by atoms with van der Waals surface area (Å²) in [4.78, 5) is 17.2. The molecule has 0 aliphatic carbocycles. The maximum Gasteiger partial charge on any atom is 0.258 e. The molecule has 1 aliphatic heterocycles. The molecule has 28 heavy (non-hydrogen) atoms. The molecule has 0 saturated carbocycles. The van der Waals surface area contributed by atoms with Crippen molar-refractivity contribution in [1.29, 1.82) is 0 Å². The second kappa shape index (κ2) is 7.89. The van der Waals surface area contributed by atoms with Crippen LogP contribution in [0.5, 0.6) is 0 Å². The minimum absolute atomic E-state index is 0.244. The summed E-state index contributed by atoms with van der Waals surface area (Å²) >= 11 is 6.54. The highest BCUT2D eigenvalue weighted by atomic mass is 35.5. The molecule has 0 radical (unpaired) electrons. The summed E-state index contributed by atoms with van der Waals surface area (Å²) in [5, 5.41) is 8.43. The van der Waals surface area contributed by atoms with Gasteiger partial charge >= 0.3 is 0 Å². The van der Waals surface area contributed by atoms with Crippen molar-refractivity contribution in [3.8, 4) is 0 Å². The van der Waals surface area contributed by atoms with Crippen LogP contribution < -0.4 is 5.32 Å². The maximum absolute atomic E-state index is 12.7. The summed E-state index contributed by atoms with van der Waals surface area (Å²) in [6.45, 7) is 5.70. The largest absolute Gasteiger partial charge is 0.381 e. The van der Waals surface area contributed by atoms with Crippen LogP contribution in [-0.2, 0) is 4.74 Å². The number of carbonyl (C=O) groups excluding carboxylic acids is 1. The van der Waals surface area contributed by atoms with E-state index in [4.69, 9.17) is 16.3 Å². The fourth-order valence-electron chi connectivity index (χ4n) is 3.47. The Morgan fingerprint density at radius 2 is 1.93 bits per heavy atom. The van der Waals surface area contributed by atoms with Gasteiger partial charge in [0.2, 0.25) is 0 Å². The minimum atomic E-state index is -0.282. The van der Waals surface area contributed by atoms with E-state index in [0.717, 1.165) is 31.7 Å². The highest BCUT2D eigenvalue weighted by Gasteiger charge is 2.22. The number of nitrogens with one attached hydrogen (secondary N) is 1. The van der Waals surface area contributed by atoms with Crippen molar-refractivity contribution < 1.29 is 9.53 Å². The zero-order valence-corrected chi connectivity index (χ0v) is 16.7. The average molecular weight is 399 g/mol. The Bertz CT molecular complexity index is 992. The second-order valence-corrected chi connectivity index (χ2v) is 7.76. The molecule has 1 saturated heterocycles. The quantitative estimate of drug-likeness (QED) is 0.684. The van der Waals surface area contributed by atoms with Crippen molar-refractivity contribution in [3.05, 3.63) is 52.8 Å². The standard InChI is InChI=1S/C21H23ClN4O2/c1-13(2)14-3-5-15(6-4-14)25-21(27)18-11-23-20-17(19(18)22)12-24-26(20)16-7-9-28-10-8-16/h3-6,11-13,16H,7-10H2,1-2H3,(H,25,27). The lowest BCUT2D eigenvalue weighted by molar-refractivity contribution is 0.0673. The van der Waals surface area contributed by atoms with Gasteiger partial charge in [0, 0.05) is 25.1 Å². The number of fused-ring (bicyclic) bond motifs is 1. The number of amides is 1. The van der Waals surface area contributed by atoms with Gasteiger partial charge in [-0.15, -0.1) is 0 Å². The Kier molecular flexibility index (Phi) is 5.33. The molecule has 3 heterocycles. The van der Waals surface area contributed by atoms with E-state index in [1.54, 1.807) is 6.20 Å². The summed E-state index contributed by atoms with van der Waals surface area (Å²) in [6.07, 6.45) is 5.00. The molecule has 1 aromatic carbocycles. The van der Waals surface area contributed by atoms with Gasteiger partial charge in [-0.2, -0.15) is 5.10 Å². The van der Waals surface area contributed by atoms with E-state index in [2.05, 4.69) is 29.2 Å². The summed E-state index contributed by atoms with van der Waals surface area (Å²) in [7, 11) is 0. The Labute approximate surface area is 168 Å². The first kappa shape index (κ1) is 18.9. The number of carbonyl (C=O) groups is 1. The van der Waals surface area contributed by atoms with Crippen molar-refractivity contribution in [3.63, 3.8) is 0 Å². The number of ether oxygens (including phenoxy) is 1. The molecule has 0 spiro atoms. The summed E-state index contributed by atoms with van der Waals surface area (Å²) < 4.78 is 7.32. The van der Waals surface area contributed by atoms with E-state index in [-0.39, 0.29) is 11.9 Å². The molecule has 1 amide bonds. The van der Waals surface area contributed by atoms with Crippen LogP contribution in [0.15, 0.2) is 36.7 Å². The number of rotatable bonds is 4. The van der Waals surface area contributed by atoms with Crippen LogP contribution in [0.2, 0.25) is 5.02 Å². The van der Waals surface area contributed by atoms with Crippen LogP contribution >= 0.6 is 11.6 Å². The fourth-order valence-corrected chi connectivity index (χ4v) is 3.74. The molecule has 7 heteroatoms. The van der Waals surface area contributed by atoms with Crippen molar-refractivity contribution in [1.82, 2.24) is 14.8 Å². The molecule has 4 rings (SSSR count). The van der Waals surface area contributed by atoms with Crippen LogP contribution in [-0.4, -0.2) is 33.9 Å². The lowest BCUT2D eigenvalue weighted by Crippen LogP contribution is -2.20. The van der Waals surface area contributed by atoms with Gasteiger partial charge in [-0.25, -0.2) is 9.67 Å². The van der Waals surface area contributed by atoms with Gasteiger partial charge in [0.05, 0.1) is 28.2 Å². The number of anilines is 1. The van der Waals surface area contributed by atoms with Crippen LogP contribution in [0.1, 0.15) is 54.6 Å². The first-order chi connectivity index (χ1) is 13.5. The third kappa shape index (κ3) is 3.62. The Balaban J connectivity index is 1.58. The molecular weight excluding hydrogens is 376 g/mol. The molecule has 1 fully saturated rings. The minimum Gasteiger partial charge on any atom is -0.381 e. The van der Waals surface area contributed by atoms with E-state index < -0.39 is 0 Å². The zero-order chi connectivity index (χ0) is 19.7. The van der Waals surface area contributed by atoms with E-state index in [1.807, 2.05) is 28.9 Å². The SMILES string of the molecule is CC(C)c1ccc(NC(=O)c2cnc3c(cnn3C3CCOCC3)c2Cl)cc1. The average Bonchev–Trinajstić information content (AvgIpc) is 3.14. The molecular formula is C21H23ClN4O2. The first-order valence-corrected chi connectivity index (χ1v) is 9.93. The molecule has 3 aromatic rings. The number of nitrogens with zero attached hydrogens (tertiary/aromatic N) is 3. The van der Waals surface area contributed by atoms with Gasteiger partial charge < -0.3 is 10.1 Å². The lowest BCUT2D eigenvalue weighted by atomic mass is 10.0. The maximum atomic E-state index is 12.7. The zero-order valence-electron chi connectivity index (χ0n) is 16.0. The van der Waals surface area contributed by atoms with Crippen molar-refractivity contribution in [2.45, 2.75) is 38.6 Å². The molecule has 2 aromatic heterocycles. The molecule has 1 N–H and O–H groups in total. The van der Waals surface area contributed by atoms with Gasteiger partial charge in [-0.3, -0.25) is 4.79 Å². The van der Waals surface area contributed by atoms with Gasteiger partial charge in [-0.1, -0.05) is 37.6 Å². The predicted molar refractivity (Wildman–Crippen MR) is 110 cm³/mol. The van der Waals surface area contributed by atoms with Crippen LogP contribution in [0.25, 0.3) is 11.0 Å². The summed E-state index contributed by atoms with van der Waals surface area (Å²) in [6, 6.07) is 8.07. The molecule has 1 aliphatic rings. The Morgan fingerprint density at radius 1 is 1.21 bits per heavy atom. The number of benzene rings is 1. The molecule has 0 unspecified atom stereocenters. The normalized spacial score (nSPS) is 15.3. The summed E-state index contributed by atoms with van der Waals surface area (Å²) in [5.74, 6) is 0.161. The molecule has 6 nitrogen and oxygen atoms in total. The van der Waals surface area contributed by atoms with Gasteiger partial charge in [0.25, 0.3) is 5.91 Å². The van der Waals surface area contributed by atoms with Crippen molar-refractivity contribution in [2.75, 3.05) is 18.5 Å². The van der Waals surface area contributed by atoms with Crippen LogP contribution in [0.4, 0.5) is 5.69 Å². The number of pyridine rings is 1. The second-order valence-electron chi connectivity index (χ2n) is 7.39. The molecule has 146 valence electrons. The van der Waals surface area contributed by atoms with E-state index in [0.29, 0.717) is 27.5 Å². The third-order valence-electron chi connectivity index (χ3n) is 5.17. The van der Waals surface area contributed by atoms with E-state index in [1.165, 1.54) is 11.8 Å². The van der Waals surface area contributed by atoms with Crippen molar-refractivity contribution in [2.24, 2.45) is 0 Å². The summed E-state index contributed by atoms with van der Waals surface area (Å²) in [5.41, 5.74) is 2.99. The number of aromatic nitrogens is 3. The van der Waals surface area contributed by atoms with Gasteiger partial charge in [-0.05, 0) is 36.5 Å². The number of hydrogen-bond donors (Lipinski definition) is 1. The predicted octanol–water partition coefficient (Wildman–Crippen LogP) is 4.81. The van der Waals surface area contributed by atoms with Gasteiger partial charge in [0.1, 0.15) is 0 Å². The molecule has 0 bridgehead atoms. The fraction of sp³-hybridized carbons (Fsp3) is 0.381. The lowest BCUT2D eigenvalue weighted by Gasteiger charge is -2.22.